The highest BCUT2D eigenvalue weighted by Gasteiger charge is 2.11. The molecule has 4 aromatic rings. The number of hydrogen-bond acceptors (Lipinski definition) is 6. The van der Waals surface area contributed by atoms with Crippen LogP contribution in [0.4, 0.5) is 5.69 Å². The van der Waals surface area contributed by atoms with Crippen LogP contribution in [-0.4, -0.2) is 29.2 Å². The standard InChI is InChI=1S/C21H16N2O3S2/c24-19(22-16-10-9-14-5-1-2-6-15(14)11-16)12-26-20(25)13-27-21-23-17-7-3-4-8-18(17)28-21/h1-11H,12-13H2,(H,22,24). The van der Waals surface area contributed by atoms with E-state index in [4.69, 9.17) is 4.74 Å². The molecular weight excluding hydrogens is 392 g/mol. The van der Waals surface area contributed by atoms with Crippen LogP contribution in [0, 0.1) is 0 Å². The number of para-hydroxylation sites is 1. The van der Waals surface area contributed by atoms with Crippen molar-refractivity contribution in [3.05, 3.63) is 66.7 Å². The van der Waals surface area contributed by atoms with E-state index >= 15 is 0 Å². The number of nitrogens with zero attached hydrogens (tertiary/aromatic N) is 1. The van der Waals surface area contributed by atoms with E-state index < -0.39 is 5.97 Å². The molecule has 140 valence electrons. The molecule has 7 heteroatoms. The Bertz CT molecular complexity index is 1120. The Morgan fingerprint density at radius 2 is 1.79 bits per heavy atom. The maximum Gasteiger partial charge on any atom is 0.316 e. The van der Waals surface area contributed by atoms with Crippen LogP contribution in [0.1, 0.15) is 0 Å². The van der Waals surface area contributed by atoms with E-state index in [9.17, 15) is 9.59 Å². The molecule has 1 heterocycles. The number of thioether (sulfide) groups is 1. The minimum atomic E-state index is -0.446. The van der Waals surface area contributed by atoms with Gasteiger partial charge in [-0.3, -0.25) is 9.59 Å². The summed E-state index contributed by atoms with van der Waals surface area (Å²) in [6.07, 6.45) is 0. The second kappa shape index (κ2) is 8.41. The largest absolute Gasteiger partial charge is 0.455 e. The van der Waals surface area contributed by atoms with Gasteiger partial charge in [-0.2, -0.15) is 0 Å². The summed E-state index contributed by atoms with van der Waals surface area (Å²) >= 11 is 2.84. The molecule has 0 aliphatic heterocycles. The summed E-state index contributed by atoms with van der Waals surface area (Å²) in [7, 11) is 0. The first-order valence-corrected chi connectivity index (χ1v) is 10.4. The Morgan fingerprint density at radius 1 is 1.00 bits per heavy atom. The fourth-order valence-corrected chi connectivity index (χ4v) is 4.55. The molecule has 28 heavy (non-hydrogen) atoms. The molecule has 5 nitrogen and oxygen atoms in total. The summed E-state index contributed by atoms with van der Waals surface area (Å²) in [6.45, 7) is -0.313. The highest BCUT2D eigenvalue weighted by atomic mass is 32.2. The molecule has 0 spiro atoms. The summed E-state index contributed by atoms with van der Waals surface area (Å²) in [6, 6.07) is 21.4. The van der Waals surface area contributed by atoms with Gasteiger partial charge >= 0.3 is 5.97 Å². The molecule has 1 amide bonds. The molecule has 0 saturated heterocycles. The SMILES string of the molecule is O=C(COC(=O)CSc1nc2ccccc2s1)Nc1ccc2ccccc2c1. The van der Waals surface area contributed by atoms with Gasteiger partial charge in [-0.25, -0.2) is 4.98 Å². The minimum Gasteiger partial charge on any atom is -0.455 e. The Labute approximate surface area is 169 Å². The van der Waals surface area contributed by atoms with Crippen LogP contribution in [-0.2, 0) is 14.3 Å². The van der Waals surface area contributed by atoms with Gasteiger partial charge in [-0.15, -0.1) is 11.3 Å². The third-order valence-electron chi connectivity index (χ3n) is 3.99. The maximum atomic E-state index is 12.0. The zero-order valence-corrected chi connectivity index (χ0v) is 16.4. The van der Waals surface area contributed by atoms with Gasteiger partial charge in [0.05, 0.1) is 16.0 Å². The van der Waals surface area contributed by atoms with Crippen molar-refractivity contribution in [1.82, 2.24) is 4.98 Å². The molecule has 0 unspecified atom stereocenters. The first-order valence-electron chi connectivity index (χ1n) is 8.60. The highest BCUT2D eigenvalue weighted by Crippen LogP contribution is 2.29. The van der Waals surface area contributed by atoms with Crippen LogP contribution in [0.15, 0.2) is 71.1 Å². The van der Waals surface area contributed by atoms with Crippen molar-refractivity contribution < 1.29 is 14.3 Å². The fraction of sp³-hybridized carbons (Fsp3) is 0.0952. The molecule has 0 fully saturated rings. The number of amides is 1. The summed E-state index contributed by atoms with van der Waals surface area (Å²) in [5.74, 6) is -0.699. The summed E-state index contributed by atoms with van der Waals surface area (Å²) < 4.78 is 6.95. The number of carbonyl (C=O) groups excluding carboxylic acids is 2. The number of nitrogens with one attached hydrogen (secondary N) is 1. The van der Waals surface area contributed by atoms with E-state index in [0.29, 0.717) is 5.69 Å². The van der Waals surface area contributed by atoms with Crippen LogP contribution in [0.2, 0.25) is 0 Å². The van der Waals surface area contributed by atoms with Crippen molar-refractivity contribution in [2.75, 3.05) is 17.7 Å². The molecule has 0 bridgehead atoms. The molecule has 0 saturated carbocycles. The molecule has 3 aromatic carbocycles. The molecular formula is C21H16N2O3S2. The fourth-order valence-electron chi connectivity index (χ4n) is 2.69. The van der Waals surface area contributed by atoms with Gasteiger partial charge in [-0.05, 0) is 35.0 Å². The first-order chi connectivity index (χ1) is 13.7. The third-order valence-corrected chi connectivity index (χ3v) is 6.14. The zero-order chi connectivity index (χ0) is 19.3. The Kier molecular flexibility index (Phi) is 5.55. The number of rotatable bonds is 6. The second-order valence-electron chi connectivity index (χ2n) is 6.01. The Morgan fingerprint density at radius 3 is 2.64 bits per heavy atom. The van der Waals surface area contributed by atoms with Gasteiger partial charge in [0, 0.05) is 5.69 Å². The number of fused-ring (bicyclic) bond motifs is 2. The monoisotopic (exact) mass is 408 g/mol. The quantitative estimate of drug-likeness (QED) is 0.369. The number of carbonyl (C=O) groups is 2. The van der Waals surface area contributed by atoms with E-state index in [1.54, 1.807) is 0 Å². The third kappa shape index (κ3) is 4.49. The summed E-state index contributed by atoms with van der Waals surface area (Å²) in [5.41, 5.74) is 1.58. The predicted molar refractivity (Wildman–Crippen MR) is 114 cm³/mol. The normalized spacial score (nSPS) is 10.9. The van der Waals surface area contributed by atoms with E-state index in [0.717, 1.165) is 25.3 Å². The van der Waals surface area contributed by atoms with Crippen molar-refractivity contribution in [3.8, 4) is 0 Å². The van der Waals surface area contributed by atoms with Crippen LogP contribution < -0.4 is 5.32 Å². The maximum absolute atomic E-state index is 12.0. The smallest absolute Gasteiger partial charge is 0.316 e. The lowest BCUT2D eigenvalue weighted by atomic mass is 10.1. The van der Waals surface area contributed by atoms with E-state index in [2.05, 4.69) is 10.3 Å². The molecule has 4 rings (SSSR count). The van der Waals surface area contributed by atoms with E-state index in [-0.39, 0.29) is 18.3 Å². The van der Waals surface area contributed by atoms with Crippen LogP contribution in [0.3, 0.4) is 0 Å². The van der Waals surface area contributed by atoms with Gasteiger partial charge in [0.1, 0.15) is 0 Å². The number of aromatic nitrogens is 1. The van der Waals surface area contributed by atoms with Crippen LogP contribution >= 0.6 is 23.1 Å². The number of esters is 1. The van der Waals surface area contributed by atoms with Crippen molar-refractivity contribution in [1.29, 1.82) is 0 Å². The number of benzene rings is 3. The first kappa shape index (κ1) is 18.5. The zero-order valence-electron chi connectivity index (χ0n) is 14.8. The van der Waals surface area contributed by atoms with Gasteiger partial charge in [0.25, 0.3) is 5.91 Å². The Balaban J connectivity index is 1.26. The molecule has 0 atom stereocenters. The van der Waals surface area contributed by atoms with Crippen molar-refractivity contribution in [2.24, 2.45) is 0 Å². The molecule has 0 aliphatic carbocycles. The lowest BCUT2D eigenvalue weighted by molar-refractivity contribution is -0.144. The highest BCUT2D eigenvalue weighted by molar-refractivity contribution is 8.01. The molecule has 0 radical (unpaired) electrons. The van der Waals surface area contributed by atoms with E-state index in [1.165, 1.54) is 23.1 Å². The van der Waals surface area contributed by atoms with Gasteiger partial charge < -0.3 is 10.1 Å². The number of anilines is 1. The average Bonchev–Trinajstić information content (AvgIpc) is 3.14. The second-order valence-corrected chi connectivity index (χ2v) is 8.26. The van der Waals surface area contributed by atoms with Crippen molar-refractivity contribution in [3.63, 3.8) is 0 Å². The molecule has 1 aromatic heterocycles. The lowest BCUT2D eigenvalue weighted by Crippen LogP contribution is -2.21. The number of hydrogen-bond donors (Lipinski definition) is 1. The molecule has 0 aliphatic rings. The van der Waals surface area contributed by atoms with E-state index in [1.807, 2.05) is 66.7 Å². The van der Waals surface area contributed by atoms with Gasteiger partial charge in [0.2, 0.25) is 0 Å². The lowest BCUT2D eigenvalue weighted by Gasteiger charge is -2.07. The molecule has 1 N–H and O–H groups in total. The predicted octanol–water partition coefficient (Wildman–Crippen LogP) is 4.72. The minimum absolute atomic E-state index is 0.114. The van der Waals surface area contributed by atoms with Gasteiger partial charge in [-0.1, -0.05) is 54.2 Å². The summed E-state index contributed by atoms with van der Waals surface area (Å²) in [5, 5.41) is 4.88. The Hall–Kier alpha value is -2.90. The number of thiazole rings is 1. The van der Waals surface area contributed by atoms with Gasteiger partial charge in [0.15, 0.2) is 10.9 Å². The summed E-state index contributed by atoms with van der Waals surface area (Å²) in [4.78, 5) is 28.4. The van der Waals surface area contributed by atoms with Crippen LogP contribution in [0.25, 0.3) is 21.0 Å². The van der Waals surface area contributed by atoms with Crippen LogP contribution in [0.5, 0.6) is 0 Å². The average molecular weight is 409 g/mol. The van der Waals surface area contributed by atoms with Crippen molar-refractivity contribution in [2.45, 2.75) is 4.34 Å². The topological polar surface area (TPSA) is 68.3 Å². The van der Waals surface area contributed by atoms with Crippen molar-refractivity contribution >= 4 is 61.7 Å². The number of ether oxygens (including phenoxy) is 1.